The van der Waals surface area contributed by atoms with E-state index in [4.69, 9.17) is 4.89 Å². The molecule has 3 N–H and O–H groups in total. The summed E-state index contributed by atoms with van der Waals surface area (Å²) >= 11 is 0. The van der Waals surface area contributed by atoms with Gasteiger partial charge in [0.1, 0.15) is 0 Å². The molecule has 0 fully saturated rings. The molecule has 0 spiro atoms. The molecule has 0 aromatic carbocycles. The van der Waals surface area contributed by atoms with Crippen LogP contribution < -0.4 is 5.84 Å². The molecule has 0 radical (unpaired) electrons. The Kier molecular flexibility index (Phi) is 17.2. The molecule has 0 aromatic heterocycles. The van der Waals surface area contributed by atoms with E-state index >= 15 is 0 Å². The maximum atomic E-state index is 7.56. The topological polar surface area (TPSA) is 58.6 Å². The molecule has 0 unspecified atom stereocenters. The van der Waals surface area contributed by atoms with E-state index in [1.54, 1.807) is 0 Å². The second-order valence-electron chi connectivity index (χ2n) is 0.205. The van der Waals surface area contributed by atoms with E-state index in [1.165, 1.54) is 0 Å². The van der Waals surface area contributed by atoms with Gasteiger partial charge in [-0.15, -0.1) is 0 Å². The molecule has 0 aromatic rings. The summed E-state index contributed by atoms with van der Waals surface area (Å²) in [6, 6.07) is 0. The number of rotatable bonds is 0. The van der Waals surface area contributed by atoms with Crippen molar-refractivity contribution in [2.75, 3.05) is 0 Å². The third-order valence-corrected chi connectivity index (χ3v) is 0.155. The number of nitrogens with zero attached hydrogens (tertiary/aromatic N) is 1. The zero-order valence-corrected chi connectivity index (χ0v) is 5.73. The van der Waals surface area contributed by atoms with Crippen molar-refractivity contribution in [1.29, 1.82) is 0 Å². The minimum Gasteiger partial charge on any atom is -1.00 e. The molecule has 0 heterocycles. The quantitative estimate of drug-likeness (QED) is 0.200. The van der Waals surface area contributed by atoms with E-state index < -0.39 is 0 Å². The molecule has 0 amide bonds. The Labute approximate surface area is 64.5 Å². The smallest absolute Gasteiger partial charge is 1.00 e. The Morgan fingerprint density at radius 1 is 2.00 bits per heavy atom. The monoisotopic (exact) mass is 120 g/mol. The maximum absolute atomic E-state index is 7.56. The average molecular weight is 120 g/mol. The van der Waals surface area contributed by atoms with E-state index in [0.717, 1.165) is 0 Å². The van der Waals surface area contributed by atoms with Crippen LogP contribution in [0.25, 0.3) is 0 Å². The van der Waals surface area contributed by atoms with Crippen LogP contribution in [0.5, 0.6) is 0 Å². The molecule has 0 bridgehead atoms. The zero-order valence-electron chi connectivity index (χ0n) is 4.63. The van der Waals surface area contributed by atoms with E-state index in [-0.39, 0.29) is 49.2 Å². The average Bonchev–Trinajstić information content (AvgIpc) is 1.37. The van der Waals surface area contributed by atoms with Gasteiger partial charge in [0.2, 0.25) is 0 Å². The summed E-state index contributed by atoms with van der Waals surface area (Å²) in [6.07, 6.45) is 0. The second-order valence-corrected chi connectivity index (χ2v) is 0.615. The van der Waals surface area contributed by atoms with Crippen LogP contribution in [0.2, 0.25) is 0 Å². The molecule has 5 heavy (non-hydrogen) atoms. The summed E-state index contributed by atoms with van der Waals surface area (Å²) < 4.78 is 0. The van der Waals surface area contributed by atoms with Crippen LogP contribution >= 0.6 is 8.60 Å². The van der Waals surface area contributed by atoms with Crippen molar-refractivity contribution in [2.45, 2.75) is 0 Å². The van der Waals surface area contributed by atoms with Gasteiger partial charge in [-0.25, -0.2) is 5.84 Å². The third-order valence-electron chi connectivity index (χ3n) is 0.0516. The second kappa shape index (κ2) is 8.99. The molecule has 0 atom stereocenters. The Morgan fingerprint density at radius 3 is 2.20 bits per heavy atom. The zero-order chi connectivity index (χ0) is 3.41. The van der Waals surface area contributed by atoms with Gasteiger partial charge in [0, 0.05) is 0 Å². The molecular formula is H5CaN2OP. The van der Waals surface area contributed by atoms with Crippen LogP contribution in [0.1, 0.15) is 2.85 Å². The third kappa shape index (κ3) is 10.9. The summed E-state index contributed by atoms with van der Waals surface area (Å²) in [5, 5.41) is 0. The van der Waals surface area contributed by atoms with Gasteiger partial charge in [0.15, 0.2) is 8.60 Å². The van der Waals surface area contributed by atoms with Crippen LogP contribution in [-0.2, 0) is 0 Å². The first-order valence-corrected chi connectivity index (χ1v) is 1.46. The Hall–Kier alpha value is 1.28. The fourth-order valence-corrected chi connectivity index (χ4v) is 0. The van der Waals surface area contributed by atoms with Gasteiger partial charge in [0.05, 0.1) is 0 Å². The van der Waals surface area contributed by atoms with E-state index in [9.17, 15) is 0 Å². The van der Waals surface area contributed by atoms with Gasteiger partial charge >= 0.3 is 37.7 Å². The minimum absolute atomic E-state index is 0. The first-order valence-electron chi connectivity index (χ1n) is 0.658. The van der Waals surface area contributed by atoms with Crippen LogP contribution in [0.4, 0.5) is 0 Å². The predicted octanol–water partition coefficient (Wildman–Crippen LogP) is -0.259. The van der Waals surface area contributed by atoms with Gasteiger partial charge in [0.25, 0.3) is 0 Å². The van der Waals surface area contributed by atoms with Gasteiger partial charge < -0.3 is 7.75 Å². The first kappa shape index (κ1) is 9.56. The van der Waals surface area contributed by atoms with Crippen molar-refractivity contribution in [3.05, 3.63) is 0 Å². The molecule has 28 valence electrons. The van der Waals surface area contributed by atoms with Crippen LogP contribution in [0, 0.1) is 0 Å². The Bertz CT molecular complexity index is 30.9. The van der Waals surface area contributed by atoms with Gasteiger partial charge in [-0.1, -0.05) is 0 Å². The van der Waals surface area contributed by atoms with E-state index in [2.05, 4.69) is 10.7 Å². The normalized spacial score (nSPS) is 7.60. The summed E-state index contributed by atoms with van der Waals surface area (Å²) in [5.74, 6) is 4.39. The van der Waals surface area contributed by atoms with Crippen molar-refractivity contribution < 1.29 is 7.75 Å². The summed E-state index contributed by atoms with van der Waals surface area (Å²) in [4.78, 5) is 10.3. The van der Waals surface area contributed by atoms with Gasteiger partial charge in [-0.05, 0) is 0 Å². The van der Waals surface area contributed by atoms with Crippen molar-refractivity contribution in [3.8, 4) is 0 Å². The number of nitrogens with two attached hydrogens (primary N) is 1. The van der Waals surface area contributed by atoms with E-state index in [1.807, 2.05) is 0 Å². The molecule has 0 aliphatic carbocycles. The Balaban J connectivity index is -0.0000000150. The Morgan fingerprint density at radius 2 is 2.20 bits per heavy atom. The van der Waals surface area contributed by atoms with Crippen LogP contribution in [-0.4, -0.2) is 42.6 Å². The molecule has 0 aliphatic rings. The maximum Gasteiger partial charge on any atom is 2.00 e. The minimum atomic E-state index is -0.0988. The number of hydrogen-bond acceptors (Lipinski definition) is 1. The molecular weight excluding hydrogens is 115 g/mol. The molecule has 0 rings (SSSR count). The molecule has 0 saturated carbocycles. The SMILES string of the molecule is NN=PO.[Ca+2].[H-].[H-]. The first-order chi connectivity index (χ1) is 1.91. The summed E-state index contributed by atoms with van der Waals surface area (Å²) in [7, 11) is -0.0988. The summed E-state index contributed by atoms with van der Waals surface area (Å²) in [5.41, 5.74) is 0. The standard InChI is InChI=1S/Ca.H3N2OP.2H/c;1-2-4-3;;/h;1H2,(H,2,3);;/q+2;;2*-1. The van der Waals surface area contributed by atoms with Crippen molar-refractivity contribution in [1.82, 2.24) is 0 Å². The molecule has 0 saturated heterocycles. The van der Waals surface area contributed by atoms with Crippen LogP contribution in [0.15, 0.2) is 4.85 Å². The predicted molar refractivity (Wildman–Crippen MR) is 23.7 cm³/mol. The molecule has 5 heteroatoms. The van der Waals surface area contributed by atoms with Crippen LogP contribution in [0.3, 0.4) is 0 Å². The van der Waals surface area contributed by atoms with Crippen molar-refractivity contribution in [3.63, 3.8) is 0 Å². The van der Waals surface area contributed by atoms with E-state index in [0.29, 0.717) is 0 Å². The fraction of sp³-hybridized carbons (Fsp3) is 0. The fourth-order valence-electron chi connectivity index (χ4n) is 0. The molecule has 3 nitrogen and oxygen atoms in total. The summed E-state index contributed by atoms with van der Waals surface area (Å²) in [6.45, 7) is 0. The van der Waals surface area contributed by atoms with Gasteiger partial charge in [-0.3, -0.25) is 0 Å². The van der Waals surface area contributed by atoms with Crippen molar-refractivity contribution in [2.24, 2.45) is 10.7 Å². The number of hydrogen-bond donors (Lipinski definition) is 2. The van der Waals surface area contributed by atoms with Crippen molar-refractivity contribution >= 4 is 46.3 Å². The van der Waals surface area contributed by atoms with Gasteiger partial charge in [-0.2, -0.15) is 4.85 Å². The largest absolute Gasteiger partial charge is 2.00 e. The molecule has 0 aliphatic heterocycles.